The van der Waals surface area contributed by atoms with Gasteiger partial charge in [0.2, 0.25) is 0 Å². The molecule has 1 aromatic heterocycles. The molecule has 2 rings (SSSR count). The lowest BCUT2D eigenvalue weighted by Crippen LogP contribution is -2.18. The highest BCUT2D eigenvalue weighted by Crippen LogP contribution is 2.32. The third-order valence-electron chi connectivity index (χ3n) is 2.76. The van der Waals surface area contributed by atoms with E-state index in [1.54, 1.807) is 0 Å². The van der Waals surface area contributed by atoms with Crippen LogP contribution >= 0.6 is 0 Å². The first kappa shape index (κ1) is 10.5. The zero-order valence-corrected chi connectivity index (χ0v) is 9.32. The molecule has 5 nitrogen and oxygen atoms in total. The Kier molecular flexibility index (Phi) is 3.66. The molecule has 1 N–H and O–H groups in total. The fraction of sp³-hybridized carbons (Fsp3) is 0.900. The lowest BCUT2D eigenvalue weighted by atomic mass is 10.3. The Labute approximate surface area is 90.2 Å². The molecule has 1 aliphatic carbocycles. The van der Waals surface area contributed by atoms with Crippen LogP contribution < -0.4 is 5.32 Å². The maximum Gasteiger partial charge on any atom is 0.165 e. The molecule has 0 atom stereocenters. The zero-order valence-electron chi connectivity index (χ0n) is 9.32. The van der Waals surface area contributed by atoms with E-state index in [1.807, 2.05) is 4.68 Å². The SMILES string of the molecule is CCCNCc1nnnn1CCC1CC1. The lowest BCUT2D eigenvalue weighted by molar-refractivity contribution is 0.501. The summed E-state index contributed by atoms with van der Waals surface area (Å²) in [5.74, 6) is 1.90. The van der Waals surface area contributed by atoms with Crippen molar-refractivity contribution in [3.05, 3.63) is 5.82 Å². The summed E-state index contributed by atoms with van der Waals surface area (Å²) in [6, 6.07) is 0. The van der Waals surface area contributed by atoms with Crippen LogP contribution in [0.5, 0.6) is 0 Å². The molecule has 0 saturated heterocycles. The fourth-order valence-corrected chi connectivity index (χ4v) is 1.61. The van der Waals surface area contributed by atoms with Crippen LogP contribution in [0.2, 0.25) is 0 Å². The molecule has 1 aliphatic rings. The zero-order chi connectivity index (χ0) is 10.5. The van der Waals surface area contributed by atoms with E-state index >= 15 is 0 Å². The topological polar surface area (TPSA) is 55.6 Å². The molecule has 15 heavy (non-hydrogen) atoms. The van der Waals surface area contributed by atoms with E-state index < -0.39 is 0 Å². The van der Waals surface area contributed by atoms with Crippen LogP contribution in [0.1, 0.15) is 38.4 Å². The maximum absolute atomic E-state index is 4.03. The number of nitrogens with zero attached hydrogens (tertiary/aromatic N) is 4. The smallest absolute Gasteiger partial charge is 0.165 e. The highest BCUT2D eigenvalue weighted by Gasteiger charge is 2.21. The van der Waals surface area contributed by atoms with Gasteiger partial charge in [-0.1, -0.05) is 19.8 Å². The Bertz CT molecular complexity index is 292. The standard InChI is InChI=1S/C10H19N5/c1-2-6-11-8-10-12-13-14-15(10)7-5-9-3-4-9/h9,11H,2-8H2,1H3. The number of nitrogens with one attached hydrogen (secondary N) is 1. The van der Waals surface area contributed by atoms with Crippen LogP contribution in [0.3, 0.4) is 0 Å². The summed E-state index contributed by atoms with van der Waals surface area (Å²) in [7, 11) is 0. The van der Waals surface area contributed by atoms with Gasteiger partial charge >= 0.3 is 0 Å². The Morgan fingerprint density at radius 3 is 3.07 bits per heavy atom. The Morgan fingerprint density at radius 1 is 1.47 bits per heavy atom. The van der Waals surface area contributed by atoms with Gasteiger partial charge in [-0.3, -0.25) is 0 Å². The maximum atomic E-state index is 4.03. The Morgan fingerprint density at radius 2 is 2.33 bits per heavy atom. The van der Waals surface area contributed by atoms with Crippen LogP contribution in [0, 0.1) is 5.92 Å². The Hall–Kier alpha value is -0.970. The van der Waals surface area contributed by atoms with Crippen molar-refractivity contribution >= 4 is 0 Å². The summed E-state index contributed by atoms with van der Waals surface area (Å²) in [6.07, 6.45) is 5.16. The summed E-state index contributed by atoms with van der Waals surface area (Å²) in [5, 5.41) is 15.1. The number of rotatable bonds is 7. The van der Waals surface area contributed by atoms with Gasteiger partial charge in [0.1, 0.15) is 0 Å². The predicted molar refractivity (Wildman–Crippen MR) is 57.2 cm³/mol. The van der Waals surface area contributed by atoms with Gasteiger partial charge in [-0.25, -0.2) is 4.68 Å². The number of hydrogen-bond acceptors (Lipinski definition) is 4. The minimum atomic E-state index is 0.783. The second kappa shape index (κ2) is 5.21. The first-order valence-electron chi connectivity index (χ1n) is 5.86. The van der Waals surface area contributed by atoms with Gasteiger partial charge in [0.05, 0.1) is 6.54 Å². The van der Waals surface area contributed by atoms with Gasteiger partial charge < -0.3 is 5.32 Å². The van der Waals surface area contributed by atoms with Crippen molar-refractivity contribution in [3.8, 4) is 0 Å². The second-order valence-corrected chi connectivity index (χ2v) is 4.23. The molecule has 84 valence electrons. The van der Waals surface area contributed by atoms with Crippen LogP contribution in [-0.2, 0) is 13.1 Å². The third kappa shape index (κ3) is 3.27. The van der Waals surface area contributed by atoms with E-state index in [-0.39, 0.29) is 0 Å². The molecule has 5 heteroatoms. The summed E-state index contributed by atoms with van der Waals surface area (Å²) in [5.41, 5.74) is 0. The minimum Gasteiger partial charge on any atom is -0.310 e. The van der Waals surface area contributed by atoms with Crippen LogP contribution in [-0.4, -0.2) is 26.8 Å². The van der Waals surface area contributed by atoms with Crippen molar-refractivity contribution < 1.29 is 0 Å². The molecule has 0 spiro atoms. The molecule has 0 bridgehead atoms. The number of hydrogen-bond donors (Lipinski definition) is 1. The van der Waals surface area contributed by atoms with Gasteiger partial charge in [0, 0.05) is 6.54 Å². The molecular formula is C10H19N5. The van der Waals surface area contributed by atoms with Crippen LogP contribution in [0.4, 0.5) is 0 Å². The fourth-order valence-electron chi connectivity index (χ4n) is 1.61. The molecular weight excluding hydrogens is 190 g/mol. The number of aryl methyl sites for hydroxylation is 1. The van der Waals surface area contributed by atoms with Crippen molar-refractivity contribution in [2.75, 3.05) is 6.54 Å². The molecule has 0 amide bonds. The van der Waals surface area contributed by atoms with Crippen molar-refractivity contribution in [2.45, 2.75) is 45.7 Å². The number of tetrazole rings is 1. The molecule has 0 aromatic carbocycles. The summed E-state index contributed by atoms with van der Waals surface area (Å²) in [4.78, 5) is 0. The molecule has 1 aromatic rings. The highest BCUT2D eigenvalue weighted by atomic mass is 15.5. The summed E-state index contributed by atoms with van der Waals surface area (Å²) in [6.45, 7) is 4.94. The van der Waals surface area contributed by atoms with Crippen molar-refractivity contribution in [2.24, 2.45) is 5.92 Å². The molecule has 1 heterocycles. The average Bonchev–Trinajstić information content (AvgIpc) is 2.97. The molecule has 0 aliphatic heterocycles. The van der Waals surface area contributed by atoms with E-state index in [1.165, 1.54) is 19.3 Å². The molecule has 0 radical (unpaired) electrons. The van der Waals surface area contributed by atoms with E-state index in [4.69, 9.17) is 0 Å². The lowest BCUT2D eigenvalue weighted by Gasteiger charge is -2.04. The monoisotopic (exact) mass is 209 g/mol. The third-order valence-corrected chi connectivity index (χ3v) is 2.76. The van der Waals surface area contributed by atoms with Crippen molar-refractivity contribution in [1.29, 1.82) is 0 Å². The van der Waals surface area contributed by atoms with E-state index in [0.717, 1.165) is 37.8 Å². The van der Waals surface area contributed by atoms with Gasteiger partial charge in [0.25, 0.3) is 0 Å². The molecule has 0 unspecified atom stereocenters. The van der Waals surface area contributed by atoms with Gasteiger partial charge in [0.15, 0.2) is 5.82 Å². The van der Waals surface area contributed by atoms with Gasteiger partial charge in [-0.15, -0.1) is 5.10 Å². The quantitative estimate of drug-likeness (QED) is 0.680. The van der Waals surface area contributed by atoms with E-state index in [0.29, 0.717) is 0 Å². The predicted octanol–water partition coefficient (Wildman–Crippen LogP) is 0.973. The second-order valence-electron chi connectivity index (χ2n) is 4.23. The first-order chi connectivity index (χ1) is 7.40. The van der Waals surface area contributed by atoms with Crippen LogP contribution in [0.15, 0.2) is 0 Å². The first-order valence-corrected chi connectivity index (χ1v) is 5.86. The Balaban J connectivity index is 1.78. The van der Waals surface area contributed by atoms with Crippen molar-refractivity contribution in [3.63, 3.8) is 0 Å². The van der Waals surface area contributed by atoms with Crippen molar-refractivity contribution in [1.82, 2.24) is 25.5 Å². The largest absolute Gasteiger partial charge is 0.310 e. The highest BCUT2D eigenvalue weighted by molar-refractivity contribution is 4.81. The molecule has 1 fully saturated rings. The van der Waals surface area contributed by atoms with Gasteiger partial charge in [-0.05, 0) is 35.7 Å². The summed E-state index contributed by atoms with van der Waals surface area (Å²) < 4.78 is 1.93. The van der Waals surface area contributed by atoms with E-state index in [9.17, 15) is 0 Å². The van der Waals surface area contributed by atoms with Gasteiger partial charge in [-0.2, -0.15) is 0 Å². The normalized spacial score (nSPS) is 15.8. The minimum absolute atomic E-state index is 0.783. The van der Waals surface area contributed by atoms with Crippen LogP contribution in [0.25, 0.3) is 0 Å². The average molecular weight is 209 g/mol. The summed E-state index contributed by atoms with van der Waals surface area (Å²) >= 11 is 0. The number of aromatic nitrogens is 4. The van der Waals surface area contributed by atoms with E-state index in [2.05, 4.69) is 27.8 Å². The molecule has 1 saturated carbocycles.